The fraction of sp³-hybridized carbons (Fsp3) is 0.526. The number of carbonyl (C=O) groups is 1. The lowest BCUT2D eigenvalue weighted by Crippen LogP contribution is -2.21. The number of alkyl halides is 3. The van der Waals surface area contributed by atoms with Gasteiger partial charge in [0.1, 0.15) is 12.4 Å². The fourth-order valence-corrected chi connectivity index (χ4v) is 2.94. The number of esters is 1. The molecule has 0 aliphatic heterocycles. The van der Waals surface area contributed by atoms with Crippen LogP contribution in [-0.2, 0) is 14.3 Å². The molecule has 2 rings (SSSR count). The van der Waals surface area contributed by atoms with Gasteiger partial charge in [-0.05, 0) is 56.2 Å². The van der Waals surface area contributed by atoms with Crippen LogP contribution in [0.1, 0.15) is 44.1 Å². The van der Waals surface area contributed by atoms with Crippen molar-refractivity contribution < 1.29 is 32.2 Å². The van der Waals surface area contributed by atoms with Gasteiger partial charge in [0, 0.05) is 5.92 Å². The first-order valence-corrected chi connectivity index (χ1v) is 8.50. The molecule has 1 fully saturated rings. The largest absolute Gasteiger partial charge is 0.573 e. The molecule has 1 saturated carbocycles. The van der Waals surface area contributed by atoms with Crippen molar-refractivity contribution in [2.45, 2.75) is 51.0 Å². The summed E-state index contributed by atoms with van der Waals surface area (Å²) in [5, 5.41) is 0. The lowest BCUT2D eigenvalue weighted by molar-refractivity contribution is -0.274. The van der Waals surface area contributed by atoms with Crippen LogP contribution in [0.5, 0.6) is 5.75 Å². The molecule has 0 spiro atoms. The zero-order chi connectivity index (χ0) is 19.0. The lowest BCUT2D eigenvalue weighted by Gasteiger charge is -2.28. The summed E-state index contributed by atoms with van der Waals surface area (Å²) in [5.74, 6) is 4.51. The van der Waals surface area contributed by atoms with Crippen molar-refractivity contribution >= 4 is 5.97 Å². The van der Waals surface area contributed by atoms with Crippen LogP contribution < -0.4 is 4.74 Å². The zero-order valence-electron chi connectivity index (χ0n) is 14.5. The molecule has 1 aliphatic rings. The Balaban J connectivity index is 1.75. The van der Waals surface area contributed by atoms with Gasteiger partial charge in [-0.15, -0.1) is 13.2 Å². The van der Waals surface area contributed by atoms with Crippen LogP contribution in [0.2, 0.25) is 0 Å². The molecule has 0 amide bonds. The molecule has 0 bridgehead atoms. The first kappa shape index (κ1) is 20.1. The molecule has 0 heterocycles. The topological polar surface area (TPSA) is 44.8 Å². The third-order valence-electron chi connectivity index (χ3n) is 4.12. The van der Waals surface area contributed by atoms with Crippen LogP contribution in [0.3, 0.4) is 0 Å². The minimum Gasteiger partial charge on any atom is -0.456 e. The Morgan fingerprint density at radius 1 is 1.15 bits per heavy atom. The smallest absolute Gasteiger partial charge is 0.456 e. The Hall–Kier alpha value is -2.20. The quantitative estimate of drug-likeness (QED) is 0.443. The van der Waals surface area contributed by atoms with Gasteiger partial charge in [-0.25, -0.2) is 4.79 Å². The summed E-state index contributed by atoms with van der Waals surface area (Å²) in [6.07, 6.45) is -1.15. The Labute approximate surface area is 150 Å². The molecule has 1 aliphatic carbocycles. The van der Waals surface area contributed by atoms with Crippen molar-refractivity contribution in [1.29, 1.82) is 0 Å². The van der Waals surface area contributed by atoms with Gasteiger partial charge in [-0.2, -0.15) is 0 Å². The Morgan fingerprint density at radius 3 is 2.38 bits per heavy atom. The van der Waals surface area contributed by atoms with Gasteiger partial charge in [0.2, 0.25) is 0 Å². The number of hydrogen-bond donors (Lipinski definition) is 0. The zero-order valence-corrected chi connectivity index (χ0v) is 14.5. The van der Waals surface area contributed by atoms with Crippen molar-refractivity contribution in [2.75, 3.05) is 13.2 Å². The van der Waals surface area contributed by atoms with Crippen molar-refractivity contribution in [1.82, 2.24) is 0 Å². The molecular formula is C19H21F3O4. The van der Waals surface area contributed by atoms with Crippen LogP contribution >= 0.6 is 0 Å². The summed E-state index contributed by atoms with van der Waals surface area (Å²) in [5.41, 5.74) is 1.00. The molecule has 1 aromatic carbocycles. The number of benzene rings is 1. The summed E-state index contributed by atoms with van der Waals surface area (Å²) in [7, 11) is 0. The summed E-state index contributed by atoms with van der Waals surface area (Å²) in [6, 6.07) is 6.04. The van der Waals surface area contributed by atoms with Crippen molar-refractivity contribution in [3.8, 4) is 17.6 Å². The molecule has 7 heteroatoms. The first-order chi connectivity index (χ1) is 12.4. The van der Waals surface area contributed by atoms with E-state index in [1.807, 2.05) is 0 Å². The van der Waals surface area contributed by atoms with Crippen molar-refractivity contribution in [2.24, 2.45) is 0 Å². The molecule has 0 aromatic heterocycles. The maximum absolute atomic E-state index is 12.2. The van der Waals surface area contributed by atoms with Gasteiger partial charge in [0.15, 0.2) is 0 Å². The molecule has 0 saturated heterocycles. The van der Waals surface area contributed by atoms with Gasteiger partial charge in [0.25, 0.3) is 0 Å². The second-order valence-electron chi connectivity index (χ2n) is 5.92. The van der Waals surface area contributed by atoms with Crippen LogP contribution in [0.15, 0.2) is 24.3 Å². The SMILES string of the molecule is CCOC(=O)C#CCOC1CCC(c2ccc(OC(F)(F)F)cc2)CC1. The monoisotopic (exact) mass is 370 g/mol. The maximum atomic E-state index is 12.2. The first-order valence-electron chi connectivity index (χ1n) is 8.50. The van der Waals surface area contributed by atoms with E-state index in [9.17, 15) is 18.0 Å². The van der Waals surface area contributed by atoms with E-state index in [1.165, 1.54) is 12.1 Å². The number of rotatable bonds is 5. The van der Waals surface area contributed by atoms with Gasteiger partial charge < -0.3 is 14.2 Å². The third kappa shape index (κ3) is 6.96. The van der Waals surface area contributed by atoms with Gasteiger partial charge in [0.05, 0.1) is 12.7 Å². The van der Waals surface area contributed by atoms with E-state index in [0.717, 1.165) is 31.2 Å². The minimum absolute atomic E-state index is 0.0792. The average Bonchev–Trinajstić information content (AvgIpc) is 2.59. The highest BCUT2D eigenvalue weighted by molar-refractivity contribution is 5.88. The number of hydrogen-bond acceptors (Lipinski definition) is 4. The third-order valence-corrected chi connectivity index (χ3v) is 4.12. The Bertz CT molecular complexity index is 635. The van der Waals surface area contributed by atoms with Gasteiger partial charge in [-0.3, -0.25) is 0 Å². The maximum Gasteiger partial charge on any atom is 0.573 e. The normalized spacial score (nSPS) is 20.0. The van der Waals surface area contributed by atoms with Gasteiger partial charge in [-0.1, -0.05) is 18.1 Å². The van der Waals surface area contributed by atoms with Crippen LogP contribution in [0.25, 0.3) is 0 Å². The molecule has 4 nitrogen and oxygen atoms in total. The number of ether oxygens (including phenoxy) is 3. The van der Waals surface area contributed by atoms with E-state index in [2.05, 4.69) is 16.6 Å². The predicted molar refractivity (Wildman–Crippen MR) is 88.5 cm³/mol. The lowest BCUT2D eigenvalue weighted by atomic mass is 9.83. The van der Waals surface area contributed by atoms with E-state index < -0.39 is 12.3 Å². The highest BCUT2D eigenvalue weighted by Gasteiger charge is 2.31. The predicted octanol–water partition coefficient (Wildman–Crippen LogP) is 4.19. The molecule has 0 N–H and O–H groups in total. The Kier molecular flexibility index (Phi) is 7.34. The van der Waals surface area contributed by atoms with E-state index in [0.29, 0.717) is 12.5 Å². The second-order valence-corrected chi connectivity index (χ2v) is 5.92. The van der Waals surface area contributed by atoms with Crippen molar-refractivity contribution in [3.05, 3.63) is 29.8 Å². The fourth-order valence-electron chi connectivity index (χ4n) is 2.94. The van der Waals surface area contributed by atoms with E-state index in [-0.39, 0.29) is 18.5 Å². The van der Waals surface area contributed by atoms with E-state index in [1.54, 1.807) is 19.1 Å². The highest BCUT2D eigenvalue weighted by atomic mass is 19.4. The molecule has 142 valence electrons. The molecule has 1 aromatic rings. The summed E-state index contributed by atoms with van der Waals surface area (Å²) in [6.45, 7) is 2.19. The van der Waals surface area contributed by atoms with E-state index >= 15 is 0 Å². The summed E-state index contributed by atoms with van der Waals surface area (Å²) in [4.78, 5) is 11.1. The Morgan fingerprint density at radius 2 is 1.81 bits per heavy atom. The standard InChI is InChI=1S/C19H21F3O4/c1-2-24-18(23)4-3-13-25-16-9-5-14(6-10-16)15-7-11-17(12-8-15)26-19(20,21)22/h7-8,11-12,14,16H,2,5-6,9-10,13H2,1H3. The van der Waals surface area contributed by atoms with Crippen molar-refractivity contribution in [3.63, 3.8) is 0 Å². The summed E-state index contributed by atoms with van der Waals surface area (Å²) >= 11 is 0. The van der Waals surface area contributed by atoms with E-state index in [4.69, 9.17) is 9.47 Å². The minimum atomic E-state index is -4.67. The summed E-state index contributed by atoms with van der Waals surface area (Å²) < 4.78 is 50.8. The molecule has 0 atom stereocenters. The average molecular weight is 370 g/mol. The van der Waals surface area contributed by atoms with Crippen LogP contribution in [-0.4, -0.2) is 31.6 Å². The van der Waals surface area contributed by atoms with Crippen LogP contribution in [0.4, 0.5) is 13.2 Å². The number of carbonyl (C=O) groups excluding carboxylic acids is 1. The molecule has 26 heavy (non-hydrogen) atoms. The molecular weight excluding hydrogens is 349 g/mol. The second kappa shape index (κ2) is 9.48. The molecule has 0 radical (unpaired) electrons. The number of halogens is 3. The van der Waals surface area contributed by atoms with Gasteiger partial charge >= 0.3 is 12.3 Å². The highest BCUT2D eigenvalue weighted by Crippen LogP contribution is 2.35. The molecule has 0 unspecified atom stereocenters. The van der Waals surface area contributed by atoms with Crippen LogP contribution in [0, 0.1) is 11.8 Å².